The van der Waals surface area contributed by atoms with E-state index in [0.29, 0.717) is 55.1 Å². The van der Waals surface area contributed by atoms with E-state index in [1.807, 2.05) is 72.8 Å². The zero-order valence-electron chi connectivity index (χ0n) is 47.2. The summed E-state index contributed by atoms with van der Waals surface area (Å²) in [7, 11) is -4.16. The number of sulfonamides is 1. The Morgan fingerprint density at radius 3 is 1.55 bits per heavy atom. The van der Waals surface area contributed by atoms with Crippen molar-refractivity contribution in [3.8, 4) is 17.0 Å². The number of rotatable bonds is 26. The smallest absolute Gasteiger partial charge is 0.258 e. The second-order valence-corrected chi connectivity index (χ2v) is 24.1. The van der Waals surface area contributed by atoms with Gasteiger partial charge >= 0.3 is 0 Å². The van der Waals surface area contributed by atoms with Gasteiger partial charge in [-0.3, -0.25) is 38.5 Å². The first kappa shape index (κ1) is 59.4. The Kier molecular flexibility index (Phi) is 20.0. The number of hydrogen-bond donors (Lipinski definition) is 7. The number of aromatic nitrogens is 2. The van der Waals surface area contributed by atoms with E-state index < -0.39 is 46.6 Å². The summed E-state index contributed by atoms with van der Waals surface area (Å²) >= 11 is 0. The van der Waals surface area contributed by atoms with E-state index in [1.165, 1.54) is 39.4 Å². The number of carbonyl (C=O) groups is 3. The minimum Gasteiger partial charge on any atom is -0.482 e. The molecule has 3 aliphatic heterocycles. The molecule has 4 heterocycles. The predicted octanol–water partition coefficient (Wildman–Crippen LogP) is 4.61. The topological polar surface area (TPSA) is 231 Å². The largest absolute Gasteiger partial charge is 0.482 e. The molecule has 0 saturated carbocycles. The molecule has 18 nitrogen and oxygen atoms in total. The summed E-state index contributed by atoms with van der Waals surface area (Å²) in [6, 6.07) is 46.0. The molecule has 6 aromatic carbocycles. The van der Waals surface area contributed by atoms with Gasteiger partial charge in [-0.25, -0.2) is 8.42 Å². The first-order valence-corrected chi connectivity index (χ1v) is 30.5. The first-order valence-electron chi connectivity index (χ1n) is 28.9. The van der Waals surface area contributed by atoms with Gasteiger partial charge in [0, 0.05) is 90.3 Å². The third-order valence-electron chi connectivity index (χ3n) is 15.6. The lowest BCUT2D eigenvalue weighted by atomic mass is 10.00. The lowest BCUT2D eigenvalue weighted by Gasteiger charge is -2.30. The Hall–Kier alpha value is -7.75. The molecular formula is C65H75N9O9S. The van der Waals surface area contributed by atoms with Gasteiger partial charge < -0.3 is 36.0 Å². The summed E-state index contributed by atoms with van der Waals surface area (Å²) in [5.41, 5.74) is 11.6. The zero-order valence-corrected chi connectivity index (χ0v) is 48.1. The number of anilines is 1. The Morgan fingerprint density at radius 2 is 0.988 bits per heavy atom. The quantitative estimate of drug-likeness (QED) is 0.0394. The second-order valence-electron chi connectivity index (χ2n) is 22.4. The van der Waals surface area contributed by atoms with E-state index >= 15 is 0 Å². The number of hydrogen-bond acceptors (Lipinski definition) is 13. The molecule has 3 unspecified atom stereocenters. The first-order chi connectivity index (χ1) is 40.7. The van der Waals surface area contributed by atoms with Gasteiger partial charge in [0.2, 0.25) is 21.8 Å². The van der Waals surface area contributed by atoms with Gasteiger partial charge in [0.15, 0.2) is 6.61 Å². The van der Waals surface area contributed by atoms with Gasteiger partial charge in [0.1, 0.15) is 5.75 Å². The van der Waals surface area contributed by atoms with Crippen LogP contribution in [0.15, 0.2) is 152 Å². The van der Waals surface area contributed by atoms with Crippen LogP contribution in [0.2, 0.25) is 0 Å². The van der Waals surface area contributed by atoms with Crippen LogP contribution >= 0.6 is 0 Å². The molecule has 3 aliphatic rings. The lowest BCUT2D eigenvalue weighted by Crippen LogP contribution is -2.42. The number of para-hydroxylation sites is 2. The summed E-state index contributed by atoms with van der Waals surface area (Å²) in [5.74, 6) is -1.41. The molecule has 0 aliphatic carbocycles. The Balaban J connectivity index is 0.775. The highest BCUT2D eigenvalue weighted by Gasteiger charge is 2.24. The number of β-amino-alcohol motifs (C(OH)–C–C–N with tert-alkyl or cyclic N) is 3. The second kappa shape index (κ2) is 28.2. The molecule has 0 spiro atoms. The molecule has 0 fully saturated rings. The maximum atomic E-state index is 14.2. The average molecular weight is 1160 g/mol. The monoisotopic (exact) mass is 1160 g/mol. The number of nitrogens with one attached hydrogen (secondary N) is 4. The van der Waals surface area contributed by atoms with Crippen molar-refractivity contribution >= 4 is 33.4 Å². The van der Waals surface area contributed by atoms with E-state index in [1.54, 1.807) is 41.2 Å². The number of benzene rings is 6. The van der Waals surface area contributed by atoms with Gasteiger partial charge in [0.05, 0.1) is 54.8 Å². The lowest BCUT2D eigenvalue weighted by molar-refractivity contribution is -0.123. The maximum absolute atomic E-state index is 14.2. The van der Waals surface area contributed by atoms with Crippen molar-refractivity contribution in [1.29, 1.82) is 0 Å². The maximum Gasteiger partial charge on any atom is 0.258 e. The number of ether oxygens (including phenoxy) is 1. The fourth-order valence-electron chi connectivity index (χ4n) is 11.5. The number of carbonyl (C=O) groups excluding carboxylic acids is 3. The van der Waals surface area contributed by atoms with Gasteiger partial charge in [-0.15, -0.1) is 0 Å². The van der Waals surface area contributed by atoms with E-state index in [-0.39, 0.29) is 55.7 Å². The summed E-state index contributed by atoms with van der Waals surface area (Å²) in [6.07, 6.45) is 2.00. The van der Waals surface area contributed by atoms with Crippen LogP contribution in [0.1, 0.15) is 55.6 Å². The van der Waals surface area contributed by atoms with E-state index in [9.17, 15) is 38.1 Å². The fourth-order valence-corrected chi connectivity index (χ4v) is 12.7. The predicted molar refractivity (Wildman–Crippen MR) is 322 cm³/mol. The molecule has 7 N–H and O–H groups in total. The molecule has 7 aromatic rings. The molecule has 0 saturated heterocycles. The highest BCUT2D eigenvalue weighted by Crippen LogP contribution is 2.29. The molecule has 84 heavy (non-hydrogen) atoms. The van der Waals surface area contributed by atoms with Crippen molar-refractivity contribution in [2.75, 3.05) is 70.2 Å². The molecule has 0 radical (unpaired) electrons. The van der Waals surface area contributed by atoms with Crippen LogP contribution in [-0.2, 0) is 88.4 Å². The van der Waals surface area contributed by atoms with Crippen LogP contribution in [0.3, 0.4) is 0 Å². The van der Waals surface area contributed by atoms with E-state index in [0.717, 1.165) is 63.1 Å². The highest BCUT2D eigenvalue weighted by atomic mass is 32.2. The fraction of sp³-hybridized carbons (Fsp3) is 0.354. The third kappa shape index (κ3) is 17.0. The summed E-state index contributed by atoms with van der Waals surface area (Å²) in [4.78, 5) is 46.4. The Labute approximate surface area is 491 Å². The number of aliphatic hydroxyl groups excluding tert-OH is 3. The van der Waals surface area contributed by atoms with Gasteiger partial charge in [-0.1, -0.05) is 115 Å². The zero-order chi connectivity index (χ0) is 58.4. The van der Waals surface area contributed by atoms with Gasteiger partial charge in [-0.2, -0.15) is 5.10 Å². The normalized spacial score (nSPS) is 15.6. The van der Waals surface area contributed by atoms with Crippen molar-refractivity contribution in [1.82, 2.24) is 40.4 Å². The molecule has 19 heteroatoms. The van der Waals surface area contributed by atoms with Gasteiger partial charge in [-0.05, 0) is 105 Å². The molecular weight excluding hydrogens is 1080 g/mol. The Bertz CT molecular complexity index is 3520. The average Bonchev–Trinajstić information content (AvgIpc) is 4.15. The number of aliphatic hydroxyl groups is 3. The molecule has 0 bridgehead atoms. The third-order valence-corrected chi connectivity index (χ3v) is 16.9. The Morgan fingerprint density at radius 1 is 0.524 bits per heavy atom. The van der Waals surface area contributed by atoms with Crippen LogP contribution in [0.4, 0.5) is 5.69 Å². The van der Waals surface area contributed by atoms with Crippen LogP contribution in [0.25, 0.3) is 11.3 Å². The highest BCUT2D eigenvalue weighted by molar-refractivity contribution is 7.91. The van der Waals surface area contributed by atoms with Crippen molar-refractivity contribution in [3.63, 3.8) is 0 Å². The minimum absolute atomic E-state index is 0.0194. The molecule has 3 atom stereocenters. The van der Waals surface area contributed by atoms with Crippen molar-refractivity contribution in [3.05, 3.63) is 207 Å². The number of fused-ring (bicyclic) bond motifs is 3. The number of nitrogens with zero attached hydrogens (tertiary/aromatic N) is 5. The van der Waals surface area contributed by atoms with E-state index in [4.69, 9.17) is 4.74 Å². The minimum atomic E-state index is -4.16. The van der Waals surface area contributed by atoms with E-state index in [2.05, 4.69) is 76.9 Å². The molecule has 10 rings (SSSR count). The van der Waals surface area contributed by atoms with Crippen molar-refractivity contribution in [2.45, 2.75) is 82.3 Å². The van der Waals surface area contributed by atoms with Crippen LogP contribution in [0, 0.1) is 0 Å². The summed E-state index contributed by atoms with van der Waals surface area (Å²) in [5, 5.41) is 45.8. The van der Waals surface area contributed by atoms with Crippen LogP contribution in [-0.4, -0.2) is 150 Å². The van der Waals surface area contributed by atoms with Crippen LogP contribution in [0.5, 0.6) is 5.75 Å². The molecule has 1 aromatic heterocycles. The van der Waals surface area contributed by atoms with Crippen LogP contribution < -0.4 is 25.4 Å². The number of amides is 3. The summed E-state index contributed by atoms with van der Waals surface area (Å²) in [6.45, 7) is 5.96. The SMILES string of the molecule is O=C(COc1ccccc1NS(=O)(=O)Cc1cc(CC(=O)NCC(O)CN2CCc3ccccc3C2)cc(-c2ccnn2Cc2cccc(CC(=O)NCC(O)CN3CCc4ccccc4C3)c2)c1)NCC(O)CN1CCc2ccccc2C1. The molecule has 440 valence electrons. The van der Waals surface area contributed by atoms with Crippen molar-refractivity contribution < 1.29 is 42.9 Å². The standard InChI is InChI=1S/C65H75N9O9S/c75-57(41-71-25-21-50-12-1-4-15-53(50)38-71)34-66-63(78)32-46-10-9-11-47(28-46)37-74-61(20-24-69-74)56-30-48(33-64(79)67-35-58(76)42-72-26-22-51-13-2-5-16-54(51)39-72)29-49(31-56)45-84(81,82)70-60-18-7-8-19-62(60)83-44-65(80)68-36-59(77)43-73-27-23-52-14-3-6-17-55(52)40-73/h1-20,24,28-31,57-59,70,75-77H,21-23,25-27,32-45H2,(H,66,78)(H,67,79)(H,68,80). The van der Waals surface area contributed by atoms with Crippen molar-refractivity contribution in [2.24, 2.45) is 0 Å². The van der Waals surface area contributed by atoms with Gasteiger partial charge in [0.25, 0.3) is 5.91 Å². The molecule has 3 amide bonds. The summed E-state index contributed by atoms with van der Waals surface area (Å²) < 4.78 is 38.6.